The van der Waals surface area contributed by atoms with E-state index in [4.69, 9.17) is 0 Å². The van der Waals surface area contributed by atoms with Crippen molar-refractivity contribution in [2.45, 2.75) is 45.6 Å². The summed E-state index contributed by atoms with van der Waals surface area (Å²) in [5.41, 5.74) is 2.59. The second-order valence-electron chi connectivity index (χ2n) is 4.61. The smallest absolute Gasteiger partial charge is 0.0800 e. The zero-order chi connectivity index (χ0) is 13.5. The largest absolute Gasteiger partial charge is 0.309 e. The van der Waals surface area contributed by atoms with Gasteiger partial charge >= 0.3 is 0 Å². The minimum absolute atomic E-state index is 0.398. The van der Waals surface area contributed by atoms with Gasteiger partial charge in [0, 0.05) is 6.04 Å². The van der Waals surface area contributed by atoms with Gasteiger partial charge in [0.05, 0.1) is 10.6 Å². The van der Waals surface area contributed by atoms with Crippen LogP contribution in [0.1, 0.15) is 48.9 Å². The molecule has 0 aliphatic heterocycles. The molecule has 0 fully saturated rings. The van der Waals surface area contributed by atoms with Crippen LogP contribution in [0.5, 0.6) is 0 Å². The van der Waals surface area contributed by atoms with Crippen LogP contribution in [-0.2, 0) is 12.8 Å². The van der Waals surface area contributed by atoms with Crippen molar-refractivity contribution in [1.29, 1.82) is 0 Å². The molecule has 2 rings (SSSR count). The summed E-state index contributed by atoms with van der Waals surface area (Å²) in [4.78, 5) is 1.33. The van der Waals surface area contributed by atoms with E-state index in [-0.39, 0.29) is 0 Å². The molecule has 2 aromatic heterocycles. The lowest BCUT2D eigenvalue weighted by molar-refractivity contribution is 0.502. The van der Waals surface area contributed by atoms with Crippen molar-refractivity contribution in [1.82, 2.24) is 14.9 Å². The van der Waals surface area contributed by atoms with E-state index in [1.807, 2.05) is 0 Å². The van der Waals surface area contributed by atoms with E-state index < -0.39 is 0 Å². The quantitative estimate of drug-likeness (QED) is 0.804. The first kappa shape index (κ1) is 14.6. The molecule has 0 aliphatic carbocycles. The van der Waals surface area contributed by atoms with Crippen LogP contribution in [0.2, 0.25) is 0 Å². The molecule has 0 amide bonds. The Morgan fingerprint density at radius 3 is 2.95 bits per heavy atom. The summed E-state index contributed by atoms with van der Waals surface area (Å²) in [6.07, 6.45) is 4.36. The first-order valence-corrected chi connectivity index (χ1v) is 8.62. The van der Waals surface area contributed by atoms with E-state index in [0.29, 0.717) is 6.04 Å². The topological polar surface area (TPSA) is 37.8 Å². The fraction of sp³-hybridized carbons (Fsp3) is 0.571. The summed E-state index contributed by atoms with van der Waals surface area (Å²) in [6, 6.07) is 2.61. The standard InChI is InChI=1S/C14H21N3S2/c1-3-8-15-13(6-5-11-7-9-18-10-11)14-12(4-2)16-17-19-14/h7,9-10,13,15H,3-6,8H2,1-2H3. The fourth-order valence-electron chi connectivity index (χ4n) is 2.12. The second kappa shape index (κ2) is 7.72. The average Bonchev–Trinajstić information content (AvgIpc) is 3.09. The van der Waals surface area contributed by atoms with Crippen LogP contribution in [0.4, 0.5) is 0 Å². The van der Waals surface area contributed by atoms with Gasteiger partial charge in [-0.3, -0.25) is 0 Å². The lowest BCUT2D eigenvalue weighted by Gasteiger charge is -2.17. The Kier molecular flexibility index (Phi) is 5.94. The number of aryl methyl sites for hydroxylation is 2. The number of nitrogens with zero attached hydrogens (tertiary/aromatic N) is 2. The number of aromatic nitrogens is 2. The van der Waals surface area contributed by atoms with Crippen LogP contribution in [0.15, 0.2) is 16.8 Å². The molecule has 0 bridgehead atoms. The van der Waals surface area contributed by atoms with Crippen LogP contribution in [0.25, 0.3) is 0 Å². The van der Waals surface area contributed by atoms with Gasteiger partial charge in [-0.1, -0.05) is 18.3 Å². The Morgan fingerprint density at radius 1 is 1.37 bits per heavy atom. The predicted octanol–water partition coefficient (Wildman–Crippen LogP) is 3.84. The Labute approximate surface area is 123 Å². The SMILES string of the molecule is CCCNC(CCc1ccsc1)c1snnc1CC. The van der Waals surface area contributed by atoms with Gasteiger partial charge in [0.1, 0.15) is 0 Å². The monoisotopic (exact) mass is 295 g/mol. The molecule has 0 saturated heterocycles. The predicted molar refractivity (Wildman–Crippen MR) is 83.0 cm³/mol. The lowest BCUT2D eigenvalue weighted by atomic mass is 10.0. The highest BCUT2D eigenvalue weighted by Gasteiger charge is 2.17. The van der Waals surface area contributed by atoms with Crippen LogP contribution in [0, 0.1) is 0 Å². The third-order valence-electron chi connectivity index (χ3n) is 3.18. The van der Waals surface area contributed by atoms with Crippen molar-refractivity contribution < 1.29 is 0 Å². The van der Waals surface area contributed by atoms with Crippen molar-refractivity contribution in [3.8, 4) is 0 Å². The van der Waals surface area contributed by atoms with E-state index >= 15 is 0 Å². The van der Waals surface area contributed by atoms with Gasteiger partial charge in [-0.25, -0.2) is 0 Å². The second-order valence-corrected chi connectivity index (χ2v) is 6.18. The minimum atomic E-state index is 0.398. The highest BCUT2D eigenvalue weighted by Crippen LogP contribution is 2.25. The summed E-state index contributed by atoms with van der Waals surface area (Å²) < 4.78 is 4.12. The van der Waals surface area contributed by atoms with E-state index in [1.165, 1.54) is 10.4 Å². The summed E-state index contributed by atoms with van der Waals surface area (Å²) in [5, 5.41) is 12.3. The maximum absolute atomic E-state index is 4.24. The molecule has 5 heteroatoms. The van der Waals surface area contributed by atoms with Crippen molar-refractivity contribution in [2.24, 2.45) is 0 Å². The number of hydrogen-bond donors (Lipinski definition) is 1. The molecule has 1 unspecified atom stereocenters. The van der Waals surface area contributed by atoms with Gasteiger partial charge in [0.25, 0.3) is 0 Å². The zero-order valence-corrected chi connectivity index (χ0v) is 13.2. The van der Waals surface area contributed by atoms with Gasteiger partial charge in [-0.2, -0.15) is 11.3 Å². The molecule has 19 heavy (non-hydrogen) atoms. The first-order valence-electron chi connectivity index (χ1n) is 6.90. The lowest BCUT2D eigenvalue weighted by Crippen LogP contribution is -2.22. The molecular weight excluding hydrogens is 274 g/mol. The van der Waals surface area contributed by atoms with Gasteiger partial charge in [0.2, 0.25) is 0 Å². The van der Waals surface area contributed by atoms with E-state index in [1.54, 1.807) is 22.9 Å². The van der Waals surface area contributed by atoms with Crippen LogP contribution in [0.3, 0.4) is 0 Å². The molecule has 1 N–H and O–H groups in total. The summed E-state index contributed by atoms with van der Waals surface area (Å²) in [5.74, 6) is 0. The molecule has 0 radical (unpaired) electrons. The highest BCUT2D eigenvalue weighted by atomic mass is 32.1. The van der Waals surface area contributed by atoms with Crippen molar-refractivity contribution in [3.05, 3.63) is 33.0 Å². The van der Waals surface area contributed by atoms with Gasteiger partial charge in [-0.05, 0) is 66.2 Å². The number of rotatable bonds is 8. The Balaban J connectivity index is 2.02. The fourth-order valence-corrected chi connectivity index (χ4v) is 3.67. The van der Waals surface area contributed by atoms with Gasteiger partial charge < -0.3 is 5.32 Å². The van der Waals surface area contributed by atoms with E-state index in [2.05, 4.69) is 45.6 Å². The molecule has 0 aliphatic rings. The van der Waals surface area contributed by atoms with Crippen molar-refractivity contribution in [3.63, 3.8) is 0 Å². The summed E-state index contributed by atoms with van der Waals surface area (Å²) in [6.45, 7) is 5.40. The molecule has 2 heterocycles. The first-order chi connectivity index (χ1) is 9.35. The molecule has 0 spiro atoms. The number of nitrogens with one attached hydrogen (secondary N) is 1. The molecule has 104 valence electrons. The third kappa shape index (κ3) is 4.09. The van der Waals surface area contributed by atoms with E-state index in [9.17, 15) is 0 Å². The maximum atomic E-state index is 4.24. The maximum Gasteiger partial charge on any atom is 0.0800 e. The zero-order valence-electron chi connectivity index (χ0n) is 11.6. The molecule has 0 saturated carbocycles. The normalized spacial score (nSPS) is 12.7. The molecule has 1 atom stereocenters. The Bertz CT molecular complexity index is 465. The summed E-state index contributed by atoms with van der Waals surface area (Å²) >= 11 is 3.32. The average molecular weight is 295 g/mol. The summed E-state index contributed by atoms with van der Waals surface area (Å²) in [7, 11) is 0. The van der Waals surface area contributed by atoms with Gasteiger partial charge in [0.15, 0.2) is 0 Å². The van der Waals surface area contributed by atoms with Crippen molar-refractivity contribution in [2.75, 3.05) is 6.54 Å². The number of thiophene rings is 1. The molecular formula is C14H21N3S2. The van der Waals surface area contributed by atoms with Crippen LogP contribution in [-0.4, -0.2) is 16.1 Å². The third-order valence-corrected chi connectivity index (χ3v) is 4.79. The Hall–Kier alpha value is -0.780. The molecule has 0 aromatic carbocycles. The van der Waals surface area contributed by atoms with Crippen LogP contribution >= 0.6 is 22.9 Å². The minimum Gasteiger partial charge on any atom is -0.309 e. The number of hydrogen-bond acceptors (Lipinski definition) is 5. The Morgan fingerprint density at radius 2 is 2.26 bits per heavy atom. The molecule has 2 aromatic rings. The van der Waals surface area contributed by atoms with Crippen LogP contribution < -0.4 is 5.32 Å². The molecule has 3 nitrogen and oxygen atoms in total. The highest BCUT2D eigenvalue weighted by molar-refractivity contribution is 7.08. The van der Waals surface area contributed by atoms with Crippen molar-refractivity contribution >= 4 is 22.9 Å². The van der Waals surface area contributed by atoms with Gasteiger partial charge in [-0.15, -0.1) is 5.10 Å². The van der Waals surface area contributed by atoms with E-state index in [0.717, 1.165) is 37.9 Å².